The predicted octanol–water partition coefficient (Wildman–Crippen LogP) is 4.75. The van der Waals surface area contributed by atoms with E-state index in [9.17, 15) is 4.39 Å². The van der Waals surface area contributed by atoms with Crippen LogP contribution in [0.3, 0.4) is 0 Å². The van der Waals surface area contributed by atoms with Gasteiger partial charge in [0, 0.05) is 5.41 Å². The molecule has 0 heterocycles. The lowest BCUT2D eigenvalue weighted by Gasteiger charge is -2.68. The maximum absolute atomic E-state index is 13.4. The number of halogens is 1. The topological polar surface area (TPSA) is 0 Å². The van der Waals surface area contributed by atoms with E-state index in [-0.39, 0.29) is 12.1 Å². The average molecular weight is 248 g/mol. The maximum Gasteiger partial charge on any atom is 0.0953 e. The first-order valence-electron chi connectivity index (χ1n) is 7.84. The number of hydrogen-bond acceptors (Lipinski definition) is 0. The van der Waals surface area contributed by atoms with Gasteiger partial charge in [-0.25, -0.2) is 0 Å². The van der Waals surface area contributed by atoms with Crippen molar-refractivity contribution in [1.82, 2.24) is 0 Å². The zero-order valence-electron chi connectivity index (χ0n) is 11.7. The summed E-state index contributed by atoms with van der Waals surface area (Å²) in [6.07, 6.45) is 12.6. The summed E-state index contributed by atoms with van der Waals surface area (Å²) in [5, 5.41) is 0. The molecule has 0 N–H and O–H groups in total. The summed E-state index contributed by atoms with van der Waals surface area (Å²) in [5.74, 6) is 2.37. The fourth-order valence-electron chi connectivity index (χ4n) is 5.90. The second-order valence-corrected chi connectivity index (χ2v) is 7.89. The van der Waals surface area contributed by atoms with Crippen LogP contribution in [0.25, 0.3) is 0 Å². The van der Waals surface area contributed by atoms with Gasteiger partial charge in [-0.1, -0.05) is 26.0 Å². The minimum atomic E-state index is -0.0615. The van der Waals surface area contributed by atoms with Crippen LogP contribution in [-0.4, -0.2) is 6.67 Å². The van der Waals surface area contributed by atoms with Crippen LogP contribution < -0.4 is 0 Å². The van der Waals surface area contributed by atoms with Crippen LogP contribution in [0.15, 0.2) is 12.2 Å². The van der Waals surface area contributed by atoms with Gasteiger partial charge in [-0.3, -0.25) is 4.39 Å². The molecule has 3 saturated carbocycles. The molecule has 0 radical (unpaired) electrons. The Morgan fingerprint density at radius 3 is 2.78 bits per heavy atom. The van der Waals surface area contributed by atoms with Gasteiger partial charge in [0.2, 0.25) is 0 Å². The summed E-state index contributed by atoms with van der Waals surface area (Å²) in [7, 11) is 0. The molecule has 4 rings (SSSR count). The first-order chi connectivity index (χ1) is 8.59. The molecule has 4 bridgehead atoms. The quantitative estimate of drug-likeness (QED) is 0.618. The molecule has 6 atom stereocenters. The van der Waals surface area contributed by atoms with Gasteiger partial charge >= 0.3 is 0 Å². The Balaban J connectivity index is 1.70. The van der Waals surface area contributed by atoms with Gasteiger partial charge in [0.25, 0.3) is 0 Å². The Bertz CT molecular complexity index is 414. The first kappa shape index (κ1) is 11.5. The number of allylic oxidation sites excluding steroid dienone is 2. The lowest BCUT2D eigenvalue weighted by atomic mass is 9.36. The number of alkyl halides is 1. The highest BCUT2D eigenvalue weighted by Crippen LogP contribution is 2.75. The summed E-state index contributed by atoms with van der Waals surface area (Å²) in [6, 6.07) is 0. The second-order valence-electron chi connectivity index (χ2n) is 7.89. The van der Waals surface area contributed by atoms with Crippen molar-refractivity contribution in [1.29, 1.82) is 0 Å². The smallest absolute Gasteiger partial charge is 0.0953 e. The van der Waals surface area contributed by atoms with Gasteiger partial charge in [-0.15, -0.1) is 0 Å². The highest BCUT2D eigenvalue weighted by molar-refractivity contribution is 5.27. The van der Waals surface area contributed by atoms with E-state index in [1.54, 1.807) is 0 Å². The van der Waals surface area contributed by atoms with Crippen LogP contribution in [-0.2, 0) is 0 Å². The maximum atomic E-state index is 13.4. The van der Waals surface area contributed by atoms with Crippen LogP contribution >= 0.6 is 0 Å². The largest absolute Gasteiger partial charge is 0.250 e. The molecular formula is C17H25F. The molecule has 0 aromatic rings. The van der Waals surface area contributed by atoms with E-state index in [1.165, 1.54) is 32.1 Å². The SMILES string of the molecule is CCC12C=CC3CC4CC4(CF)CCC1(C)C3C2. The highest BCUT2D eigenvalue weighted by Gasteiger charge is 2.67. The van der Waals surface area contributed by atoms with Gasteiger partial charge < -0.3 is 0 Å². The Labute approximate surface area is 110 Å². The number of rotatable bonds is 2. The fourth-order valence-corrected chi connectivity index (χ4v) is 5.90. The number of hydrogen-bond donors (Lipinski definition) is 0. The van der Waals surface area contributed by atoms with Crippen LogP contribution in [0, 0.1) is 34.0 Å². The first-order valence-corrected chi connectivity index (χ1v) is 7.84. The van der Waals surface area contributed by atoms with Crippen LogP contribution in [0.5, 0.6) is 0 Å². The predicted molar refractivity (Wildman–Crippen MR) is 71.9 cm³/mol. The number of fused-ring (bicyclic) bond motifs is 1. The van der Waals surface area contributed by atoms with Crippen LogP contribution in [0.4, 0.5) is 4.39 Å². The third-order valence-corrected chi connectivity index (χ3v) is 7.67. The monoisotopic (exact) mass is 248 g/mol. The van der Waals surface area contributed by atoms with Gasteiger partial charge in [-0.05, 0) is 67.1 Å². The highest BCUT2D eigenvalue weighted by atomic mass is 19.1. The molecule has 1 heteroatoms. The normalized spacial score (nSPS) is 60.3. The molecule has 0 nitrogen and oxygen atoms in total. The molecule has 4 aliphatic rings. The Kier molecular flexibility index (Phi) is 2.05. The van der Waals surface area contributed by atoms with Crippen molar-refractivity contribution in [3.8, 4) is 0 Å². The van der Waals surface area contributed by atoms with E-state index in [0.29, 0.717) is 16.7 Å². The van der Waals surface area contributed by atoms with E-state index in [4.69, 9.17) is 0 Å². The summed E-state index contributed by atoms with van der Waals surface area (Å²) < 4.78 is 13.4. The van der Waals surface area contributed by atoms with Crippen LogP contribution in [0.1, 0.15) is 52.4 Å². The third kappa shape index (κ3) is 1.09. The summed E-state index contributed by atoms with van der Waals surface area (Å²) >= 11 is 0. The molecule has 3 fully saturated rings. The van der Waals surface area contributed by atoms with Crippen molar-refractivity contribution in [2.45, 2.75) is 52.4 Å². The molecule has 100 valence electrons. The minimum absolute atomic E-state index is 0.0615. The van der Waals surface area contributed by atoms with Crippen molar-refractivity contribution < 1.29 is 4.39 Å². The fraction of sp³-hybridized carbons (Fsp3) is 0.882. The minimum Gasteiger partial charge on any atom is -0.250 e. The van der Waals surface area contributed by atoms with E-state index in [2.05, 4.69) is 26.0 Å². The van der Waals surface area contributed by atoms with E-state index in [0.717, 1.165) is 18.3 Å². The molecule has 0 aliphatic heterocycles. The molecule has 0 spiro atoms. The Hall–Kier alpha value is -0.330. The Morgan fingerprint density at radius 1 is 1.28 bits per heavy atom. The van der Waals surface area contributed by atoms with Crippen molar-refractivity contribution in [2.75, 3.05) is 6.67 Å². The molecule has 0 amide bonds. The van der Waals surface area contributed by atoms with Gasteiger partial charge in [0.1, 0.15) is 0 Å². The standard InChI is InChI=1S/C17H25F/c1-3-17-5-4-12-8-13-9-16(13,11-18)7-6-15(17,2)14(12)10-17/h4-5,12-14H,3,6-11H2,1-2H3. The molecule has 18 heavy (non-hydrogen) atoms. The van der Waals surface area contributed by atoms with E-state index < -0.39 is 0 Å². The van der Waals surface area contributed by atoms with Crippen molar-refractivity contribution in [3.63, 3.8) is 0 Å². The van der Waals surface area contributed by atoms with Crippen LogP contribution in [0.2, 0.25) is 0 Å². The van der Waals surface area contributed by atoms with Gasteiger partial charge in [0.05, 0.1) is 6.67 Å². The summed E-state index contributed by atoms with van der Waals surface area (Å²) in [5.41, 5.74) is 1.07. The third-order valence-electron chi connectivity index (χ3n) is 7.67. The van der Waals surface area contributed by atoms with Crippen molar-refractivity contribution in [2.24, 2.45) is 34.0 Å². The Morgan fingerprint density at radius 2 is 2.11 bits per heavy atom. The summed E-state index contributed by atoms with van der Waals surface area (Å²) in [6.45, 7) is 4.79. The van der Waals surface area contributed by atoms with Crippen molar-refractivity contribution >= 4 is 0 Å². The van der Waals surface area contributed by atoms with E-state index in [1.807, 2.05) is 0 Å². The zero-order valence-corrected chi connectivity index (χ0v) is 11.7. The summed E-state index contributed by atoms with van der Waals surface area (Å²) in [4.78, 5) is 0. The average Bonchev–Trinajstić information content (AvgIpc) is 3.08. The van der Waals surface area contributed by atoms with Gasteiger partial charge in [0.15, 0.2) is 0 Å². The molecule has 4 aliphatic carbocycles. The van der Waals surface area contributed by atoms with Crippen molar-refractivity contribution in [3.05, 3.63) is 12.2 Å². The lowest BCUT2D eigenvalue weighted by Crippen LogP contribution is -2.60. The molecule has 0 aromatic heterocycles. The molecule has 0 saturated heterocycles. The molecular weight excluding hydrogens is 223 g/mol. The second kappa shape index (κ2) is 3.22. The van der Waals surface area contributed by atoms with E-state index >= 15 is 0 Å². The molecule has 6 unspecified atom stereocenters. The molecule has 0 aromatic carbocycles. The zero-order chi connectivity index (χ0) is 12.6. The van der Waals surface area contributed by atoms with Gasteiger partial charge in [-0.2, -0.15) is 0 Å². The lowest BCUT2D eigenvalue weighted by molar-refractivity contribution is -0.149.